The first-order valence-corrected chi connectivity index (χ1v) is 8.37. The van der Waals surface area contributed by atoms with E-state index in [1.54, 1.807) is 0 Å². The third-order valence-corrected chi connectivity index (χ3v) is 5.10. The maximum atomic E-state index is 9.71. The lowest BCUT2D eigenvalue weighted by molar-refractivity contribution is 0.0781. The molecule has 1 saturated heterocycles. The van der Waals surface area contributed by atoms with Gasteiger partial charge in [0.25, 0.3) is 0 Å². The molecule has 1 aliphatic heterocycles. The fraction of sp³-hybridized carbons (Fsp3) is 0.667. The monoisotopic (exact) mass is 273 g/mol. The van der Waals surface area contributed by atoms with Crippen LogP contribution in [-0.2, 0) is 6.42 Å². The molecule has 1 heterocycles. The van der Waals surface area contributed by atoms with Gasteiger partial charge < -0.3 is 5.11 Å². The molecule has 0 saturated carbocycles. The van der Waals surface area contributed by atoms with E-state index in [1.165, 1.54) is 62.6 Å². The lowest BCUT2D eigenvalue weighted by atomic mass is 9.84. The van der Waals surface area contributed by atoms with Crippen molar-refractivity contribution in [1.29, 1.82) is 0 Å². The maximum absolute atomic E-state index is 9.71. The van der Waals surface area contributed by atoms with Gasteiger partial charge in [-0.05, 0) is 68.3 Å². The molecule has 2 aliphatic rings. The van der Waals surface area contributed by atoms with Gasteiger partial charge in [0.1, 0.15) is 5.75 Å². The zero-order valence-electron chi connectivity index (χ0n) is 12.6. The first kappa shape index (κ1) is 13.9. The van der Waals surface area contributed by atoms with E-state index < -0.39 is 0 Å². The largest absolute Gasteiger partial charge is 0.508 e. The van der Waals surface area contributed by atoms with Crippen LogP contribution >= 0.6 is 0 Å². The lowest BCUT2D eigenvalue weighted by Crippen LogP contribution is -2.43. The summed E-state index contributed by atoms with van der Waals surface area (Å²) in [7, 11) is 0. The molecule has 0 spiro atoms. The molecule has 2 atom stereocenters. The number of phenolic OH excluding ortho intramolecular Hbond substituents is 1. The van der Waals surface area contributed by atoms with Gasteiger partial charge in [0.2, 0.25) is 0 Å². The number of aryl methyl sites for hydroxylation is 1. The van der Waals surface area contributed by atoms with E-state index in [9.17, 15) is 5.11 Å². The van der Waals surface area contributed by atoms with Crippen LogP contribution in [0.3, 0.4) is 0 Å². The summed E-state index contributed by atoms with van der Waals surface area (Å²) in [6, 6.07) is 7.40. The van der Waals surface area contributed by atoms with E-state index in [0.717, 1.165) is 12.5 Å². The molecule has 2 nitrogen and oxygen atoms in total. The van der Waals surface area contributed by atoms with Crippen LogP contribution in [0.25, 0.3) is 0 Å². The van der Waals surface area contributed by atoms with E-state index in [2.05, 4.69) is 17.9 Å². The van der Waals surface area contributed by atoms with Crippen molar-refractivity contribution in [3.05, 3.63) is 29.3 Å². The number of nitrogens with zero attached hydrogens (tertiary/aromatic N) is 1. The minimum Gasteiger partial charge on any atom is -0.508 e. The predicted octanol–water partition coefficient (Wildman–Crippen LogP) is 4.42. The molecular weight excluding hydrogens is 246 g/mol. The first-order valence-electron chi connectivity index (χ1n) is 8.37. The van der Waals surface area contributed by atoms with E-state index in [0.29, 0.717) is 11.8 Å². The van der Waals surface area contributed by atoms with Crippen molar-refractivity contribution in [2.75, 3.05) is 6.54 Å². The number of piperidine rings is 1. The molecule has 20 heavy (non-hydrogen) atoms. The zero-order valence-corrected chi connectivity index (χ0v) is 12.6. The summed E-state index contributed by atoms with van der Waals surface area (Å²) in [6.07, 6.45) is 10.4. The minimum absolute atomic E-state index is 0.424. The second-order valence-corrected chi connectivity index (χ2v) is 6.47. The van der Waals surface area contributed by atoms with Crippen molar-refractivity contribution in [3.8, 4) is 5.75 Å². The smallest absolute Gasteiger partial charge is 0.115 e. The summed E-state index contributed by atoms with van der Waals surface area (Å²) >= 11 is 0. The quantitative estimate of drug-likeness (QED) is 0.881. The Morgan fingerprint density at radius 3 is 2.95 bits per heavy atom. The number of aromatic hydroxyl groups is 1. The van der Waals surface area contributed by atoms with Crippen molar-refractivity contribution >= 4 is 0 Å². The highest BCUT2D eigenvalue weighted by Crippen LogP contribution is 2.39. The topological polar surface area (TPSA) is 23.5 Å². The Hall–Kier alpha value is -1.02. The summed E-state index contributed by atoms with van der Waals surface area (Å²) < 4.78 is 0. The SMILES string of the molecule is CCCC1CCCCN1C1CCCc2cc(O)ccc21. The summed E-state index contributed by atoms with van der Waals surface area (Å²) in [6.45, 7) is 3.56. The van der Waals surface area contributed by atoms with Gasteiger partial charge in [0.05, 0.1) is 0 Å². The molecule has 1 aromatic rings. The second-order valence-electron chi connectivity index (χ2n) is 6.47. The third kappa shape index (κ3) is 2.71. The molecule has 1 fully saturated rings. The number of fused-ring (bicyclic) bond motifs is 1. The Kier molecular flexibility index (Phi) is 4.30. The molecule has 0 radical (unpaired) electrons. The van der Waals surface area contributed by atoms with Crippen molar-refractivity contribution < 1.29 is 5.11 Å². The van der Waals surface area contributed by atoms with E-state index >= 15 is 0 Å². The van der Waals surface area contributed by atoms with E-state index in [4.69, 9.17) is 0 Å². The molecule has 0 bridgehead atoms. The molecule has 0 aromatic heterocycles. The predicted molar refractivity (Wildman–Crippen MR) is 83.0 cm³/mol. The Bertz CT molecular complexity index is 455. The second kappa shape index (κ2) is 6.17. The standard InChI is InChI=1S/C18H27NO/c1-2-6-15-8-3-4-12-19(15)18-9-5-7-14-13-16(20)10-11-17(14)18/h10-11,13,15,18,20H,2-9,12H2,1H3. The molecule has 2 heteroatoms. The van der Waals surface area contributed by atoms with Gasteiger partial charge >= 0.3 is 0 Å². The van der Waals surface area contributed by atoms with Gasteiger partial charge in [-0.1, -0.05) is 25.8 Å². The van der Waals surface area contributed by atoms with Gasteiger partial charge in [-0.2, -0.15) is 0 Å². The highest BCUT2D eigenvalue weighted by atomic mass is 16.3. The number of hydrogen-bond acceptors (Lipinski definition) is 2. The number of likely N-dealkylation sites (tertiary alicyclic amines) is 1. The average molecular weight is 273 g/mol. The molecular formula is C18H27NO. The number of benzene rings is 1. The molecule has 1 aliphatic carbocycles. The first-order chi connectivity index (χ1) is 9.79. The Morgan fingerprint density at radius 1 is 1.20 bits per heavy atom. The summed E-state index contributed by atoms with van der Waals surface area (Å²) in [5.41, 5.74) is 2.86. The molecule has 1 aromatic carbocycles. The van der Waals surface area contributed by atoms with Crippen molar-refractivity contribution in [2.24, 2.45) is 0 Å². The van der Waals surface area contributed by atoms with Gasteiger partial charge in [-0.25, -0.2) is 0 Å². The Labute approximate surface area is 122 Å². The Morgan fingerprint density at radius 2 is 2.10 bits per heavy atom. The van der Waals surface area contributed by atoms with Gasteiger partial charge in [0.15, 0.2) is 0 Å². The molecule has 0 amide bonds. The van der Waals surface area contributed by atoms with E-state index in [1.807, 2.05) is 12.1 Å². The fourth-order valence-corrected chi connectivity index (χ4v) is 4.20. The third-order valence-electron chi connectivity index (χ3n) is 5.10. The number of rotatable bonds is 3. The number of hydrogen-bond donors (Lipinski definition) is 1. The van der Waals surface area contributed by atoms with Crippen LogP contribution in [0, 0.1) is 0 Å². The van der Waals surface area contributed by atoms with Crippen molar-refractivity contribution in [1.82, 2.24) is 4.90 Å². The highest BCUT2D eigenvalue weighted by molar-refractivity contribution is 5.38. The van der Waals surface area contributed by atoms with Crippen LogP contribution in [-0.4, -0.2) is 22.6 Å². The van der Waals surface area contributed by atoms with Gasteiger partial charge in [0, 0.05) is 12.1 Å². The Balaban J connectivity index is 1.86. The van der Waals surface area contributed by atoms with E-state index in [-0.39, 0.29) is 0 Å². The maximum Gasteiger partial charge on any atom is 0.115 e. The number of phenols is 1. The molecule has 1 N–H and O–H groups in total. The van der Waals surface area contributed by atoms with Crippen LogP contribution < -0.4 is 0 Å². The van der Waals surface area contributed by atoms with Gasteiger partial charge in [-0.3, -0.25) is 4.90 Å². The van der Waals surface area contributed by atoms with Crippen LogP contribution in [0.5, 0.6) is 5.75 Å². The molecule has 3 rings (SSSR count). The summed E-state index contributed by atoms with van der Waals surface area (Å²) in [5.74, 6) is 0.424. The highest BCUT2D eigenvalue weighted by Gasteiger charge is 2.31. The zero-order chi connectivity index (χ0) is 13.9. The minimum atomic E-state index is 0.424. The van der Waals surface area contributed by atoms with Gasteiger partial charge in [-0.15, -0.1) is 0 Å². The van der Waals surface area contributed by atoms with Crippen LogP contribution in [0.2, 0.25) is 0 Å². The molecule has 2 unspecified atom stereocenters. The van der Waals surface area contributed by atoms with Crippen LogP contribution in [0.1, 0.15) is 69.0 Å². The lowest BCUT2D eigenvalue weighted by Gasteiger charge is -2.43. The normalized spacial score (nSPS) is 27.2. The van der Waals surface area contributed by atoms with Crippen molar-refractivity contribution in [3.63, 3.8) is 0 Å². The molecule has 110 valence electrons. The fourth-order valence-electron chi connectivity index (χ4n) is 4.20. The average Bonchev–Trinajstić information content (AvgIpc) is 2.47. The van der Waals surface area contributed by atoms with Crippen LogP contribution in [0.15, 0.2) is 18.2 Å². The summed E-state index contributed by atoms with van der Waals surface area (Å²) in [5, 5.41) is 9.71. The van der Waals surface area contributed by atoms with Crippen LogP contribution in [0.4, 0.5) is 0 Å². The van der Waals surface area contributed by atoms with Crippen molar-refractivity contribution in [2.45, 2.75) is 70.4 Å². The summed E-state index contributed by atoms with van der Waals surface area (Å²) in [4.78, 5) is 2.78.